The van der Waals surface area contributed by atoms with Crippen LogP contribution in [0.1, 0.15) is 18.7 Å². The third kappa shape index (κ3) is 4.09. The van der Waals surface area contributed by atoms with E-state index in [2.05, 4.69) is 20.2 Å². The molecular formula is C20H23N5O2. The van der Waals surface area contributed by atoms with E-state index in [4.69, 9.17) is 4.42 Å². The summed E-state index contributed by atoms with van der Waals surface area (Å²) in [6, 6.07) is 7.65. The molecule has 0 bridgehead atoms. The number of carbonyl (C=O) groups excluding carboxylic acids is 1. The van der Waals surface area contributed by atoms with Crippen LogP contribution in [0.25, 0.3) is 11.3 Å². The van der Waals surface area contributed by atoms with Crippen LogP contribution in [0, 0.1) is 5.92 Å². The van der Waals surface area contributed by atoms with Gasteiger partial charge in [-0.2, -0.15) is 0 Å². The standard InChI is InChI=1S/C20H23N5O2/c1-24-10-7-22-19(24)13-25-8-5-15(6-9-25)20(26)23-17-4-2-3-16(11-17)18-12-21-14-27-18/h2-4,7,10-12,14-15H,5-6,8-9,13H2,1H3,(H,23,26). The Bertz CT molecular complexity index is 895. The van der Waals surface area contributed by atoms with Gasteiger partial charge >= 0.3 is 0 Å². The Hall–Kier alpha value is -2.93. The molecule has 0 spiro atoms. The molecule has 1 N–H and O–H groups in total. The number of hydrogen-bond acceptors (Lipinski definition) is 5. The topological polar surface area (TPSA) is 76.2 Å². The average Bonchev–Trinajstić information content (AvgIpc) is 3.35. The second kappa shape index (κ2) is 7.75. The lowest BCUT2D eigenvalue weighted by Gasteiger charge is -2.31. The van der Waals surface area contributed by atoms with Crippen molar-refractivity contribution in [3.8, 4) is 11.3 Å². The Labute approximate surface area is 158 Å². The highest BCUT2D eigenvalue weighted by atomic mass is 16.3. The second-order valence-corrected chi connectivity index (χ2v) is 6.94. The number of aryl methyl sites for hydroxylation is 1. The highest BCUT2D eigenvalue weighted by Gasteiger charge is 2.25. The number of nitrogens with one attached hydrogen (secondary N) is 1. The molecule has 1 fully saturated rings. The predicted molar refractivity (Wildman–Crippen MR) is 102 cm³/mol. The first-order chi connectivity index (χ1) is 13.2. The minimum absolute atomic E-state index is 0.0385. The Balaban J connectivity index is 1.32. The number of amides is 1. The third-order valence-electron chi connectivity index (χ3n) is 5.09. The summed E-state index contributed by atoms with van der Waals surface area (Å²) in [5, 5.41) is 3.05. The van der Waals surface area contributed by atoms with Crippen LogP contribution in [0.3, 0.4) is 0 Å². The monoisotopic (exact) mass is 365 g/mol. The van der Waals surface area contributed by atoms with Crippen LogP contribution < -0.4 is 5.32 Å². The summed E-state index contributed by atoms with van der Waals surface area (Å²) >= 11 is 0. The maximum Gasteiger partial charge on any atom is 0.227 e. The highest BCUT2D eigenvalue weighted by Crippen LogP contribution is 2.24. The van der Waals surface area contributed by atoms with Crippen molar-refractivity contribution in [2.24, 2.45) is 13.0 Å². The summed E-state index contributed by atoms with van der Waals surface area (Å²) in [7, 11) is 2.01. The lowest BCUT2D eigenvalue weighted by Crippen LogP contribution is -2.38. The summed E-state index contributed by atoms with van der Waals surface area (Å²) in [5.41, 5.74) is 1.68. The first kappa shape index (κ1) is 17.5. The summed E-state index contributed by atoms with van der Waals surface area (Å²) in [6.45, 7) is 2.64. The molecule has 140 valence electrons. The van der Waals surface area contributed by atoms with Crippen molar-refractivity contribution in [1.29, 1.82) is 0 Å². The molecule has 0 saturated carbocycles. The van der Waals surface area contributed by atoms with E-state index in [1.54, 1.807) is 6.20 Å². The summed E-state index contributed by atoms with van der Waals surface area (Å²) < 4.78 is 7.36. The number of benzene rings is 1. The molecule has 7 nitrogen and oxygen atoms in total. The number of aromatic nitrogens is 3. The van der Waals surface area contributed by atoms with E-state index in [-0.39, 0.29) is 11.8 Å². The van der Waals surface area contributed by atoms with Crippen LogP contribution in [-0.2, 0) is 18.4 Å². The zero-order valence-corrected chi connectivity index (χ0v) is 15.3. The Morgan fingerprint density at radius 2 is 2.19 bits per heavy atom. The second-order valence-electron chi connectivity index (χ2n) is 6.94. The van der Waals surface area contributed by atoms with E-state index in [1.807, 2.05) is 48.3 Å². The molecule has 3 heterocycles. The largest absolute Gasteiger partial charge is 0.444 e. The van der Waals surface area contributed by atoms with Gasteiger partial charge in [-0.05, 0) is 38.1 Å². The molecule has 0 aliphatic carbocycles. The van der Waals surface area contributed by atoms with Gasteiger partial charge < -0.3 is 14.3 Å². The fourth-order valence-electron chi connectivity index (χ4n) is 3.45. The smallest absolute Gasteiger partial charge is 0.227 e. The van der Waals surface area contributed by atoms with Gasteiger partial charge in [0.1, 0.15) is 5.82 Å². The molecule has 0 atom stereocenters. The molecule has 27 heavy (non-hydrogen) atoms. The average molecular weight is 365 g/mol. The Morgan fingerprint density at radius 1 is 1.33 bits per heavy atom. The molecular weight excluding hydrogens is 342 g/mol. The maximum absolute atomic E-state index is 12.7. The van der Waals surface area contributed by atoms with Crippen LogP contribution in [0.2, 0.25) is 0 Å². The number of hydrogen-bond donors (Lipinski definition) is 1. The van der Waals surface area contributed by atoms with E-state index in [0.717, 1.165) is 49.6 Å². The highest BCUT2D eigenvalue weighted by molar-refractivity contribution is 5.93. The zero-order valence-electron chi connectivity index (χ0n) is 15.3. The lowest BCUT2D eigenvalue weighted by atomic mass is 9.95. The molecule has 0 radical (unpaired) electrons. The molecule has 1 aliphatic heterocycles. The van der Waals surface area contributed by atoms with Crippen molar-refractivity contribution in [3.63, 3.8) is 0 Å². The van der Waals surface area contributed by atoms with Crippen molar-refractivity contribution in [2.45, 2.75) is 19.4 Å². The SMILES string of the molecule is Cn1ccnc1CN1CCC(C(=O)Nc2cccc(-c3cnco3)c2)CC1. The number of likely N-dealkylation sites (tertiary alicyclic amines) is 1. The van der Waals surface area contributed by atoms with Crippen molar-refractivity contribution >= 4 is 11.6 Å². The molecule has 0 unspecified atom stereocenters. The zero-order chi connectivity index (χ0) is 18.6. The van der Waals surface area contributed by atoms with E-state index in [0.29, 0.717) is 5.76 Å². The van der Waals surface area contributed by atoms with Gasteiger partial charge in [0.2, 0.25) is 5.91 Å². The Kier molecular flexibility index (Phi) is 5.02. The van der Waals surface area contributed by atoms with Crippen LogP contribution in [0.5, 0.6) is 0 Å². The molecule has 1 aromatic carbocycles. The number of carbonyl (C=O) groups is 1. The molecule has 3 aromatic rings. The van der Waals surface area contributed by atoms with E-state index >= 15 is 0 Å². The molecule has 1 aliphatic rings. The fraction of sp³-hybridized carbons (Fsp3) is 0.350. The van der Waals surface area contributed by atoms with Crippen LogP contribution in [-0.4, -0.2) is 38.4 Å². The molecule has 1 amide bonds. The van der Waals surface area contributed by atoms with Gasteiger partial charge in [0, 0.05) is 36.6 Å². The van der Waals surface area contributed by atoms with Crippen LogP contribution >= 0.6 is 0 Å². The van der Waals surface area contributed by atoms with Gasteiger partial charge in [-0.15, -0.1) is 0 Å². The number of imidazole rings is 1. The van der Waals surface area contributed by atoms with Crippen LogP contribution in [0.4, 0.5) is 5.69 Å². The Morgan fingerprint density at radius 3 is 2.89 bits per heavy atom. The van der Waals surface area contributed by atoms with Gasteiger partial charge in [-0.25, -0.2) is 9.97 Å². The van der Waals surface area contributed by atoms with Crippen molar-refractivity contribution in [2.75, 3.05) is 18.4 Å². The van der Waals surface area contributed by atoms with Gasteiger partial charge in [-0.1, -0.05) is 12.1 Å². The summed E-state index contributed by atoms with van der Waals surface area (Å²) in [4.78, 5) is 23.3. The number of oxazole rings is 1. The third-order valence-corrected chi connectivity index (χ3v) is 5.09. The van der Waals surface area contributed by atoms with E-state index < -0.39 is 0 Å². The lowest BCUT2D eigenvalue weighted by molar-refractivity contribution is -0.121. The van der Waals surface area contributed by atoms with E-state index in [1.165, 1.54) is 6.39 Å². The molecule has 7 heteroatoms. The maximum atomic E-state index is 12.7. The number of anilines is 1. The van der Waals surface area contributed by atoms with Gasteiger partial charge in [0.05, 0.1) is 12.7 Å². The van der Waals surface area contributed by atoms with Gasteiger partial charge in [0.15, 0.2) is 12.2 Å². The van der Waals surface area contributed by atoms with Crippen molar-refractivity contribution in [1.82, 2.24) is 19.4 Å². The van der Waals surface area contributed by atoms with Crippen molar-refractivity contribution < 1.29 is 9.21 Å². The quantitative estimate of drug-likeness (QED) is 0.752. The first-order valence-electron chi connectivity index (χ1n) is 9.17. The first-order valence-corrected chi connectivity index (χ1v) is 9.17. The van der Waals surface area contributed by atoms with Crippen LogP contribution in [0.15, 0.2) is 53.7 Å². The van der Waals surface area contributed by atoms with Gasteiger partial charge in [0.25, 0.3) is 0 Å². The molecule has 1 saturated heterocycles. The number of rotatable bonds is 5. The van der Waals surface area contributed by atoms with Crippen molar-refractivity contribution in [3.05, 3.63) is 55.1 Å². The number of nitrogens with zero attached hydrogens (tertiary/aromatic N) is 4. The minimum atomic E-state index is 0.0385. The summed E-state index contributed by atoms with van der Waals surface area (Å²) in [6.07, 6.45) is 8.57. The fourth-order valence-corrected chi connectivity index (χ4v) is 3.45. The normalized spacial score (nSPS) is 15.7. The van der Waals surface area contributed by atoms with E-state index in [9.17, 15) is 4.79 Å². The molecule has 2 aromatic heterocycles. The summed E-state index contributed by atoms with van der Waals surface area (Å²) in [5.74, 6) is 1.87. The minimum Gasteiger partial charge on any atom is -0.444 e. The molecule has 4 rings (SSSR count). The number of piperidine rings is 1. The van der Waals surface area contributed by atoms with Gasteiger partial charge in [-0.3, -0.25) is 9.69 Å². The predicted octanol–water partition coefficient (Wildman–Crippen LogP) is 2.93.